The number of hydrogen-bond donors (Lipinski definition) is 0. The summed E-state index contributed by atoms with van der Waals surface area (Å²) in [5.41, 5.74) is 0. The molecule has 6 nitrogen and oxygen atoms in total. The molecule has 0 aromatic carbocycles. The fraction of sp³-hybridized carbons (Fsp3) is 0.691. The minimum absolute atomic E-state index is 0.0991. The van der Waals surface area contributed by atoms with Gasteiger partial charge in [-0.1, -0.05) is 202 Å². The summed E-state index contributed by atoms with van der Waals surface area (Å²) >= 11 is 0. The monoisotopic (exact) mass is 849 g/mol. The molecule has 0 bridgehead atoms. The van der Waals surface area contributed by atoms with Crippen LogP contribution in [0, 0.1) is 0 Å². The van der Waals surface area contributed by atoms with E-state index in [1.54, 1.807) is 0 Å². The molecule has 0 fully saturated rings. The molecule has 1 atom stereocenters. The molecule has 0 saturated heterocycles. The van der Waals surface area contributed by atoms with Gasteiger partial charge < -0.3 is 14.2 Å². The highest BCUT2D eigenvalue weighted by atomic mass is 16.6. The maximum Gasteiger partial charge on any atom is 0.306 e. The van der Waals surface area contributed by atoms with E-state index in [2.05, 4.69) is 106 Å². The van der Waals surface area contributed by atoms with Crippen LogP contribution < -0.4 is 0 Å². The summed E-state index contributed by atoms with van der Waals surface area (Å²) in [4.78, 5) is 37.9. The smallest absolute Gasteiger partial charge is 0.306 e. The van der Waals surface area contributed by atoms with E-state index in [-0.39, 0.29) is 37.5 Å². The van der Waals surface area contributed by atoms with Gasteiger partial charge in [0.2, 0.25) is 0 Å². The van der Waals surface area contributed by atoms with Crippen molar-refractivity contribution in [3.8, 4) is 0 Å². The van der Waals surface area contributed by atoms with E-state index in [9.17, 15) is 14.4 Å². The first-order valence-corrected chi connectivity index (χ1v) is 25.1. The standard InChI is InChI=1S/C55H92O6/c1-4-7-10-13-16-19-22-24-26-27-29-30-33-36-39-42-45-48-54(57)60-51-52(50-59-53(56)47-44-41-38-35-32-21-18-15-12-9-6-3)61-55(58)49-46-43-40-37-34-31-28-25-23-20-17-14-11-8-5-2/h7,10,16-17,19-20,24-26,28-30,36,39,52H,4-6,8-9,11-15,18,21-23,27,31-35,37-38,40-51H2,1-3H3/b10-7-,19-16-,20-17-,26-24-,28-25-,30-29-,39-36-/t52-/m1/s1. The summed E-state index contributed by atoms with van der Waals surface area (Å²) in [6.45, 7) is 6.42. The summed E-state index contributed by atoms with van der Waals surface area (Å²) in [6.07, 6.45) is 62.8. The zero-order valence-electron chi connectivity index (χ0n) is 39.7. The van der Waals surface area contributed by atoms with E-state index in [4.69, 9.17) is 14.2 Å². The lowest BCUT2D eigenvalue weighted by Crippen LogP contribution is -2.30. The van der Waals surface area contributed by atoms with Crippen LogP contribution in [-0.2, 0) is 28.6 Å². The molecule has 0 saturated carbocycles. The summed E-state index contributed by atoms with van der Waals surface area (Å²) in [6, 6.07) is 0. The predicted octanol–water partition coefficient (Wildman–Crippen LogP) is 16.4. The number of allylic oxidation sites excluding steroid dienone is 14. The fourth-order valence-electron chi connectivity index (χ4n) is 6.62. The highest BCUT2D eigenvalue weighted by Gasteiger charge is 2.19. The lowest BCUT2D eigenvalue weighted by atomic mass is 10.1. The van der Waals surface area contributed by atoms with Crippen molar-refractivity contribution >= 4 is 17.9 Å². The molecule has 0 aliphatic heterocycles. The first-order valence-electron chi connectivity index (χ1n) is 25.1. The summed E-state index contributed by atoms with van der Waals surface area (Å²) in [7, 11) is 0. The fourth-order valence-corrected chi connectivity index (χ4v) is 6.62. The molecule has 0 radical (unpaired) electrons. The highest BCUT2D eigenvalue weighted by molar-refractivity contribution is 5.71. The third-order valence-corrected chi connectivity index (χ3v) is 10.4. The van der Waals surface area contributed by atoms with Crippen LogP contribution in [0.15, 0.2) is 85.1 Å². The third kappa shape index (κ3) is 47.5. The van der Waals surface area contributed by atoms with Gasteiger partial charge in [0.25, 0.3) is 0 Å². The lowest BCUT2D eigenvalue weighted by molar-refractivity contribution is -0.167. The van der Waals surface area contributed by atoms with Crippen molar-refractivity contribution in [3.05, 3.63) is 85.1 Å². The molecule has 0 aromatic rings. The minimum atomic E-state index is -0.804. The Hall–Kier alpha value is -3.41. The van der Waals surface area contributed by atoms with Gasteiger partial charge in [0, 0.05) is 19.3 Å². The van der Waals surface area contributed by atoms with Gasteiger partial charge in [-0.05, 0) is 89.9 Å². The first kappa shape index (κ1) is 57.6. The Kier molecular flexibility index (Phi) is 46.5. The quantitative estimate of drug-likeness (QED) is 0.0263. The zero-order valence-corrected chi connectivity index (χ0v) is 39.7. The molecule has 348 valence electrons. The first-order chi connectivity index (χ1) is 30.0. The van der Waals surface area contributed by atoms with Gasteiger partial charge in [-0.25, -0.2) is 0 Å². The molecule has 0 heterocycles. The Labute approximate surface area is 375 Å². The Morgan fingerprint density at radius 2 is 0.656 bits per heavy atom. The van der Waals surface area contributed by atoms with E-state index in [1.165, 1.54) is 77.0 Å². The van der Waals surface area contributed by atoms with E-state index < -0.39 is 6.10 Å². The average molecular weight is 849 g/mol. The molecule has 0 N–H and O–H groups in total. The molecular weight excluding hydrogens is 757 g/mol. The topological polar surface area (TPSA) is 78.9 Å². The van der Waals surface area contributed by atoms with Gasteiger partial charge in [0.05, 0.1) is 0 Å². The summed E-state index contributed by atoms with van der Waals surface area (Å²) < 4.78 is 16.7. The molecule has 0 aliphatic carbocycles. The van der Waals surface area contributed by atoms with Crippen molar-refractivity contribution < 1.29 is 28.6 Å². The van der Waals surface area contributed by atoms with Crippen molar-refractivity contribution in [1.29, 1.82) is 0 Å². The van der Waals surface area contributed by atoms with Gasteiger partial charge in [-0.3, -0.25) is 14.4 Å². The number of carbonyl (C=O) groups is 3. The number of esters is 3. The van der Waals surface area contributed by atoms with Crippen molar-refractivity contribution in [2.45, 2.75) is 232 Å². The van der Waals surface area contributed by atoms with Crippen LogP contribution in [0.1, 0.15) is 226 Å². The van der Waals surface area contributed by atoms with E-state index in [1.807, 2.05) is 0 Å². The maximum atomic E-state index is 12.8. The summed E-state index contributed by atoms with van der Waals surface area (Å²) in [5.74, 6) is -0.977. The molecule has 6 heteroatoms. The second kappa shape index (κ2) is 49.2. The van der Waals surface area contributed by atoms with E-state index in [0.29, 0.717) is 19.3 Å². The van der Waals surface area contributed by atoms with Crippen LogP contribution in [0.4, 0.5) is 0 Å². The number of ether oxygens (including phenoxy) is 3. The molecule has 0 spiro atoms. The zero-order chi connectivity index (χ0) is 44.4. The number of carbonyl (C=O) groups excluding carboxylic acids is 3. The van der Waals surface area contributed by atoms with Crippen LogP contribution in [0.5, 0.6) is 0 Å². The molecular formula is C55H92O6. The average Bonchev–Trinajstić information content (AvgIpc) is 3.26. The van der Waals surface area contributed by atoms with Gasteiger partial charge in [0.15, 0.2) is 6.10 Å². The minimum Gasteiger partial charge on any atom is -0.462 e. The van der Waals surface area contributed by atoms with Gasteiger partial charge >= 0.3 is 17.9 Å². The Balaban J connectivity index is 4.49. The number of rotatable bonds is 44. The third-order valence-electron chi connectivity index (χ3n) is 10.4. The Morgan fingerprint density at radius 3 is 1.10 bits per heavy atom. The normalized spacial score (nSPS) is 12.8. The lowest BCUT2D eigenvalue weighted by Gasteiger charge is -2.18. The summed E-state index contributed by atoms with van der Waals surface area (Å²) in [5, 5.41) is 0. The van der Waals surface area contributed by atoms with Crippen LogP contribution >= 0.6 is 0 Å². The van der Waals surface area contributed by atoms with Crippen LogP contribution in [-0.4, -0.2) is 37.2 Å². The second-order valence-corrected chi connectivity index (χ2v) is 16.3. The highest BCUT2D eigenvalue weighted by Crippen LogP contribution is 2.14. The Morgan fingerprint density at radius 1 is 0.344 bits per heavy atom. The van der Waals surface area contributed by atoms with Crippen molar-refractivity contribution in [2.24, 2.45) is 0 Å². The van der Waals surface area contributed by atoms with Gasteiger partial charge in [-0.15, -0.1) is 0 Å². The number of hydrogen-bond acceptors (Lipinski definition) is 6. The molecule has 0 amide bonds. The second-order valence-electron chi connectivity index (χ2n) is 16.3. The van der Waals surface area contributed by atoms with Gasteiger partial charge in [0.1, 0.15) is 13.2 Å². The SMILES string of the molecule is CC/C=C\C/C=C\C/C=C\C/C=C\C/C=C\CCCC(=O)OC[C@@H](COC(=O)CCCCCCCCCCCCC)OC(=O)CCCCCCC/C=C\C/C=C\CCCCC. The van der Waals surface area contributed by atoms with Crippen molar-refractivity contribution in [3.63, 3.8) is 0 Å². The van der Waals surface area contributed by atoms with E-state index >= 15 is 0 Å². The molecule has 61 heavy (non-hydrogen) atoms. The van der Waals surface area contributed by atoms with Crippen LogP contribution in [0.25, 0.3) is 0 Å². The van der Waals surface area contributed by atoms with Crippen LogP contribution in [0.2, 0.25) is 0 Å². The molecule has 0 aromatic heterocycles. The molecule has 0 rings (SSSR count). The van der Waals surface area contributed by atoms with E-state index in [0.717, 1.165) is 103 Å². The maximum absolute atomic E-state index is 12.8. The Bertz CT molecular complexity index is 1200. The predicted molar refractivity (Wildman–Crippen MR) is 261 cm³/mol. The van der Waals surface area contributed by atoms with Crippen LogP contribution in [0.3, 0.4) is 0 Å². The van der Waals surface area contributed by atoms with Crippen molar-refractivity contribution in [1.82, 2.24) is 0 Å². The molecule has 0 aliphatic rings. The van der Waals surface area contributed by atoms with Gasteiger partial charge in [-0.2, -0.15) is 0 Å². The van der Waals surface area contributed by atoms with Crippen molar-refractivity contribution in [2.75, 3.05) is 13.2 Å². The molecule has 0 unspecified atom stereocenters. The largest absolute Gasteiger partial charge is 0.462 e. The number of unbranched alkanes of at least 4 members (excludes halogenated alkanes) is 19.